The second-order valence-corrected chi connectivity index (χ2v) is 12.1. The van der Waals surface area contributed by atoms with E-state index in [4.69, 9.17) is 0 Å². The maximum Gasteiger partial charge on any atom is 0.460 e. The molecule has 2 unspecified atom stereocenters. The van der Waals surface area contributed by atoms with Gasteiger partial charge in [-0.3, -0.25) is 0 Å². The van der Waals surface area contributed by atoms with Crippen LogP contribution in [0.25, 0.3) is 0 Å². The Kier molecular flexibility index (Phi) is 11.3. The molecule has 1 N–H and O–H groups in total. The van der Waals surface area contributed by atoms with Gasteiger partial charge < -0.3 is 0 Å². The quantitative estimate of drug-likeness (QED) is 0.190. The third kappa shape index (κ3) is 6.67. The summed E-state index contributed by atoms with van der Waals surface area (Å²) in [4.78, 5) is 0. The van der Waals surface area contributed by atoms with E-state index in [1.54, 1.807) is 0 Å². The molecule has 0 rings (SSSR count). The Morgan fingerprint density at radius 1 is 0.362 bits per heavy atom. The van der Waals surface area contributed by atoms with Crippen LogP contribution in [-0.2, 0) is 20.0 Å². The van der Waals surface area contributed by atoms with Crippen LogP contribution >= 0.6 is 0 Å². The molecule has 0 radical (unpaired) electrons. The third-order valence-corrected chi connectivity index (χ3v) is 8.98. The zero-order valence-corrected chi connectivity index (χ0v) is 21.7. The minimum Gasteiger partial charge on any atom is -0.210 e. The van der Waals surface area contributed by atoms with Crippen LogP contribution < -0.4 is 4.13 Å². The monoisotopic (exact) mass is 809 g/mol. The summed E-state index contributed by atoms with van der Waals surface area (Å²) in [5, 5.41) is -16.4. The van der Waals surface area contributed by atoms with Crippen LogP contribution in [0.3, 0.4) is 0 Å². The molecule has 0 bridgehead atoms. The summed E-state index contributed by atoms with van der Waals surface area (Å²) in [5.74, 6) is -65.2. The van der Waals surface area contributed by atoms with E-state index < -0.39 is 107 Å². The van der Waals surface area contributed by atoms with Gasteiger partial charge in [0.2, 0.25) is 0 Å². The molecule has 0 aliphatic rings. The first-order chi connectivity index (χ1) is 19.8. The van der Waals surface area contributed by atoms with Crippen molar-refractivity contribution in [3.8, 4) is 0 Å². The van der Waals surface area contributed by atoms with E-state index in [1.807, 2.05) is 0 Å². The fourth-order valence-corrected chi connectivity index (χ4v) is 6.00. The lowest BCUT2D eigenvalue weighted by Crippen LogP contribution is -2.69. The highest BCUT2D eigenvalue weighted by Crippen LogP contribution is 2.61. The van der Waals surface area contributed by atoms with Crippen LogP contribution in [-0.4, -0.2) is 88.1 Å². The van der Waals surface area contributed by atoms with E-state index in [2.05, 4.69) is 0 Å². The number of hydrogen-bond acceptors (Lipinski definition) is 4. The van der Waals surface area contributed by atoms with Crippen LogP contribution in [0.2, 0.25) is 0 Å². The summed E-state index contributed by atoms with van der Waals surface area (Å²) in [6.45, 7) is 0. The topological polar surface area (TPSA) is 80.3 Å². The summed E-state index contributed by atoms with van der Waals surface area (Å²) in [6, 6.07) is 0. The number of hydrogen-bond donors (Lipinski definition) is 1. The number of rotatable bonds is 14. The van der Waals surface area contributed by atoms with Crippen LogP contribution in [0.4, 0.5) is 114 Å². The van der Waals surface area contributed by atoms with Crippen molar-refractivity contribution in [1.82, 2.24) is 4.13 Å². The number of nitrogens with one attached hydrogen (secondary N) is 1. The molecule has 0 saturated heterocycles. The predicted molar refractivity (Wildman–Crippen MR) is 91.6 cm³/mol. The second-order valence-electron chi connectivity index (χ2n) is 8.38. The Balaban J connectivity index is 7.42. The lowest BCUT2D eigenvalue weighted by molar-refractivity contribution is -0.412. The van der Waals surface area contributed by atoms with Gasteiger partial charge in [-0.15, -0.1) is 0 Å². The molecule has 0 fully saturated rings. The van der Waals surface area contributed by atoms with Gasteiger partial charge in [0.05, 0.1) is 0 Å². The van der Waals surface area contributed by atoms with Gasteiger partial charge >= 0.3 is 58.4 Å². The van der Waals surface area contributed by atoms with Gasteiger partial charge in [-0.1, -0.05) is 4.13 Å². The van der Waals surface area contributed by atoms with E-state index in [1.165, 1.54) is 0 Å². The van der Waals surface area contributed by atoms with Crippen LogP contribution in [0.15, 0.2) is 0 Å². The molecule has 0 aromatic heterocycles. The van der Waals surface area contributed by atoms with Crippen LogP contribution in [0, 0.1) is 11.8 Å². The molecule has 33 heteroatoms. The van der Waals surface area contributed by atoms with Gasteiger partial charge in [0, 0.05) is 0 Å². The van der Waals surface area contributed by atoms with Gasteiger partial charge in [-0.2, -0.15) is 96.6 Å². The molecule has 0 heterocycles. The van der Waals surface area contributed by atoms with Crippen LogP contribution in [0.1, 0.15) is 0 Å². The molecule has 2 atom stereocenters. The molecular weight excluding hydrogens is 804 g/mol. The van der Waals surface area contributed by atoms with Gasteiger partial charge in [-0.25, -0.2) is 34.4 Å². The molecule has 0 aromatic carbocycles. The highest BCUT2D eigenvalue weighted by molar-refractivity contribution is 8.05. The average Bonchev–Trinajstić information content (AvgIpc) is 2.74. The molecule has 47 heavy (non-hydrogen) atoms. The van der Waals surface area contributed by atoms with E-state index in [0.717, 1.165) is 0 Å². The van der Waals surface area contributed by atoms with Gasteiger partial charge in [0.15, 0.2) is 11.8 Å². The van der Waals surface area contributed by atoms with Gasteiger partial charge in [0.1, 0.15) is 0 Å². The van der Waals surface area contributed by atoms with E-state index in [-0.39, 0.29) is 0 Å². The third-order valence-electron chi connectivity index (χ3n) is 5.28. The molecule has 5 nitrogen and oxygen atoms in total. The van der Waals surface area contributed by atoms with Crippen molar-refractivity contribution in [3.63, 3.8) is 0 Å². The van der Waals surface area contributed by atoms with Crippen molar-refractivity contribution in [3.05, 3.63) is 0 Å². The molecule has 0 aromatic rings. The fourth-order valence-electron chi connectivity index (χ4n) is 2.79. The maximum absolute atomic E-state index is 14.2. The maximum atomic E-state index is 14.2. The van der Waals surface area contributed by atoms with Crippen molar-refractivity contribution in [2.24, 2.45) is 11.8 Å². The van der Waals surface area contributed by atoms with Crippen molar-refractivity contribution >= 4 is 20.0 Å². The highest BCUT2D eigenvalue weighted by atomic mass is 32.3. The smallest absolute Gasteiger partial charge is 0.210 e. The summed E-state index contributed by atoms with van der Waals surface area (Å²) in [5.41, 5.74) is 0. The molecule has 0 spiro atoms. The van der Waals surface area contributed by atoms with E-state index in [0.29, 0.717) is 0 Å². The zero-order valence-electron chi connectivity index (χ0n) is 20.1. The summed E-state index contributed by atoms with van der Waals surface area (Å²) in [7, 11) is -18.1. The Bertz CT molecular complexity index is 1240. The molecule has 0 aliphatic carbocycles. The second kappa shape index (κ2) is 11.8. The predicted octanol–water partition coefficient (Wildman–Crippen LogP) is 7.12. The summed E-state index contributed by atoms with van der Waals surface area (Å²) in [6.07, 6.45) is -28.9. The average molecular weight is 809 g/mol. The molecule has 0 aliphatic heterocycles. The van der Waals surface area contributed by atoms with Gasteiger partial charge in [-0.05, 0) is 0 Å². The lowest BCUT2D eigenvalue weighted by atomic mass is 9.91. The normalized spacial score (nSPS) is 17.8. The molecule has 0 saturated carbocycles. The minimum atomic E-state index is -9.04. The largest absolute Gasteiger partial charge is 0.460 e. The van der Waals surface area contributed by atoms with Gasteiger partial charge in [0.25, 0.3) is 32.9 Å². The van der Waals surface area contributed by atoms with E-state index in [9.17, 15) is 131 Å². The highest BCUT2D eigenvalue weighted by Gasteiger charge is 2.88. The Morgan fingerprint density at radius 3 is 0.702 bits per heavy atom. The number of sulfonamides is 2. The van der Waals surface area contributed by atoms with Crippen LogP contribution in [0.5, 0.6) is 0 Å². The Morgan fingerprint density at radius 2 is 0.553 bits per heavy atom. The molecular formula is C14H5F26NO4S2. The molecule has 0 amide bonds. The first kappa shape index (κ1) is 45.0. The Labute approximate surface area is 239 Å². The lowest BCUT2D eigenvalue weighted by Gasteiger charge is -2.40. The SMILES string of the molecule is O=S(=O)(NS(=O)(=O)C(F)(F)C(C(F)F)C(F)(F)C(F)(F)C(F)(F)C(F)(F)F)C(F)(F)C(C(F)F)C(F)(F)C(F)(F)C(F)(F)C(F)(F)F. The summed E-state index contributed by atoms with van der Waals surface area (Å²) >= 11 is 0. The van der Waals surface area contributed by atoms with E-state index >= 15 is 0 Å². The summed E-state index contributed by atoms with van der Waals surface area (Å²) < 4.78 is 387. The molecule has 284 valence electrons. The van der Waals surface area contributed by atoms with Crippen molar-refractivity contribution in [2.45, 2.75) is 71.2 Å². The van der Waals surface area contributed by atoms with Crippen molar-refractivity contribution in [1.29, 1.82) is 0 Å². The fraction of sp³-hybridized carbons (Fsp3) is 1.00. The first-order valence-electron chi connectivity index (χ1n) is 9.84. The zero-order chi connectivity index (χ0) is 39.0. The standard InChI is InChI=1S/C14H5F26NO4S2/c15-3(16)1(5(19,20)9(27,28)11(31,32)13(35,36)37)7(23,24)46(42,43)41-47(44,45)8(25,26)2(4(17)18)6(21,22)10(29,30)12(33,34)14(38,39)40/h1-4,41H. The number of halogens is 26. The van der Waals surface area contributed by atoms with Crippen molar-refractivity contribution in [2.75, 3.05) is 0 Å². The first-order valence-corrected chi connectivity index (χ1v) is 12.8. The Hall–Kier alpha value is -1.96. The minimum absolute atomic E-state index is 1.73. The number of alkyl halides is 26. The van der Waals surface area contributed by atoms with Crippen molar-refractivity contribution < 1.29 is 131 Å².